The molecule has 0 spiro atoms. The van der Waals surface area contributed by atoms with Crippen LogP contribution in [0.25, 0.3) is 0 Å². The van der Waals surface area contributed by atoms with E-state index < -0.39 is 0 Å². The normalized spacial score (nSPS) is 13.5. The highest BCUT2D eigenvalue weighted by Gasteiger charge is 2.13. The van der Waals surface area contributed by atoms with Gasteiger partial charge in [-0.1, -0.05) is 30.3 Å². The first-order valence-corrected chi connectivity index (χ1v) is 9.44. The molecule has 148 valence electrons. The predicted molar refractivity (Wildman–Crippen MR) is 110 cm³/mol. The van der Waals surface area contributed by atoms with Gasteiger partial charge in [-0.3, -0.25) is 4.79 Å². The van der Waals surface area contributed by atoms with Crippen molar-refractivity contribution in [2.24, 2.45) is 10.7 Å². The average molecular weight is 382 g/mol. The van der Waals surface area contributed by atoms with Gasteiger partial charge in [0.2, 0.25) is 5.91 Å². The van der Waals surface area contributed by atoms with E-state index >= 15 is 0 Å². The number of rotatable bonds is 6. The summed E-state index contributed by atoms with van der Waals surface area (Å²) in [4.78, 5) is 18.4. The van der Waals surface area contributed by atoms with Crippen LogP contribution in [0.3, 0.4) is 0 Å². The van der Waals surface area contributed by atoms with Gasteiger partial charge in [0.25, 0.3) is 0 Å². The molecule has 1 aliphatic heterocycles. The number of guanidine groups is 1. The highest BCUT2D eigenvalue weighted by atomic mass is 16.5. The van der Waals surface area contributed by atoms with Gasteiger partial charge in [-0.25, -0.2) is 4.99 Å². The second-order valence-electron chi connectivity index (χ2n) is 6.43. The average Bonchev–Trinajstić information content (AvgIpc) is 2.96. The topological polar surface area (TPSA) is 89.2 Å². The van der Waals surface area contributed by atoms with Crippen molar-refractivity contribution in [3.8, 4) is 11.5 Å². The second kappa shape index (κ2) is 9.64. The number of hydrogen-bond donors (Lipinski definition) is 2. The Morgan fingerprint density at radius 1 is 1.14 bits per heavy atom. The van der Waals surface area contributed by atoms with Gasteiger partial charge >= 0.3 is 0 Å². The standard InChI is InChI=1S/C21H26N4O3/c1-2-25(15-16-7-4-3-5-8-16)20(26)14-23-21(22)24-17-9-10-18-19(13-17)28-12-6-11-27-18/h3-5,7-10,13H,2,6,11-12,14-15H2,1H3,(H3,22,23,24). The third kappa shape index (κ3) is 5.39. The van der Waals surface area contributed by atoms with E-state index in [1.807, 2.05) is 55.5 Å². The van der Waals surface area contributed by atoms with Crippen LogP contribution in [-0.4, -0.2) is 43.1 Å². The van der Waals surface area contributed by atoms with Gasteiger partial charge in [0.1, 0.15) is 6.54 Å². The van der Waals surface area contributed by atoms with E-state index in [0.29, 0.717) is 37.8 Å². The number of nitrogens with one attached hydrogen (secondary N) is 1. The van der Waals surface area contributed by atoms with Crippen molar-refractivity contribution in [3.05, 3.63) is 54.1 Å². The number of anilines is 1. The van der Waals surface area contributed by atoms with E-state index in [9.17, 15) is 4.79 Å². The van der Waals surface area contributed by atoms with Crippen LogP contribution in [0, 0.1) is 0 Å². The molecule has 0 aliphatic carbocycles. The van der Waals surface area contributed by atoms with Crippen molar-refractivity contribution >= 4 is 17.6 Å². The molecule has 0 bridgehead atoms. The van der Waals surface area contributed by atoms with Crippen LogP contribution in [-0.2, 0) is 11.3 Å². The molecule has 0 unspecified atom stereocenters. The van der Waals surface area contributed by atoms with Crippen LogP contribution in [0.15, 0.2) is 53.5 Å². The molecule has 1 amide bonds. The van der Waals surface area contributed by atoms with Gasteiger partial charge in [0.05, 0.1) is 13.2 Å². The van der Waals surface area contributed by atoms with Crippen molar-refractivity contribution < 1.29 is 14.3 Å². The molecular formula is C21H26N4O3. The Morgan fingerprint density at radius 2 is 1.89 bits per heavy atom. The minimum Gasteiger partial charge on any atom is -0.490 e. The molecule has 0 fully saturated rings. The third-order valence-corrected chi connectivity index (χ3v) is 4.36. The lowest BCUT2D eigenvalue weighted by Crippen LogP contribution is -2.33. The Balaban J connectivity index is 1.57. The first-order valence-electron chi connectivity index (χ1n) is 9.44. The molecule has 7 nitrogen and oxygen atoms in total. The van der Waals surface area contributed by atoms with Crippen LogP contribution in [0.2, 0.25) is 0 Å². The lowest BCUT2D eigenvalue weighted by molar-refractivity contribution is -0.130. The van der Waals surface area contributed by atoms with Crippen molar-refractivity contribution in [1.29, 1.82) is 0 Å². The number of nitrogens with zero attached hydrogens (tertiary/aromatic N) is 2. The summed E-state index contributed by atoms with van der Waals surface area (Å²) < 4.78 is 11.3. The molecule has 0 aromatic heterocycles. The van der Waals surface area contributed by atoms with Gasteiger partial charge in [0, 0.05) is 31.3 Å². The van der Waals surface area contributed by atoms with Gasteiger partial charge in [0.15, 0.2) is 17.5 Å². The Hall–Kier alpha value is -3.22. The van der Waals surface area contributed by atoms with Crippen molar-refractivity contribution in [2.75, 3.05) is 31.6 Å². The summed E-state index contributed by atoms with van der Waals surface area (Å²) in [7, 11) is 0. The van der Waals surface area contributed by atoms with Gasteiger partial charge in [-0.15, -0.1) is 0 Å². The second-order valence-corrected chi connectivity index (χ2v) is 6.43. The number of hydrogen-bond acceptors (Lipinski definition) is 4. The maximum absolute atomic E-state index is 12.5. The van der Waals surface area contributed by atoms with Gasteiger partial charge in [-0.05, 0) is 24.6 Å². The number of likely N-dealkylation sites (N-methyl/N-ethyl adjacent to an activating group) is 1. The number of benzene rings is 2. The first kappa shape index (κ1) is 19.5. The molecule has 2 aromatic carbocycles. The zero-order valence-electron chi connectivity index (χ0n) is 16.1. The Labute approximate surface area is 165 Å². The third-order valence-electron chi connectivity index (χ3n) is 4.36. The number of carbonyl (C=O) groups excluding carboxylic acids is 1. The zero-order valence-corrected chi connectivity index (χ0v) is 16.1. The monoisotopic (exact) mass is 382 g/mol. The Morgan fingerprint density at radius 3 is 2.64 bits per heavy atom. The number of fused-ring (bicyclic) bond motifs is 1. The lowest BCUT2D eigenvalue weighted by Gasteiger charge is -2.20. The number of amides is 1. The highest BCUT2D eigenvalue weighted by molar-refractivity contribution is 5.94. The molecule has 0 atom stereocenters. The molecule has 0 radical (unpaired) electrons. The fraction of sp³-hybridized carbons (Fsp3) is 0.333. The summed E-state index contributed by atoms with van der Waals surface area (Å²) in [5.74, 6) is 1.49. The molecule has 7 heteroatoms. The maximum Gasteiger partial charge on any atom is 0.244 e. The van der Waals surface area contributed by atoms with Gasteiger partial charge < -0.3 is 25.4 Å². The minimum atomic E-state index is -0.0743. The molecular weight excluding hydrogens is 356 g/mol. The smallest absolute Gasteiger partial charge is 0.244 e. The van der Waals surface area contributed by atoms with E-state index in [0.717, 1.165) is 17.7 Å². The number of nitrogens with two attached hydrogens (primary N) is 1. The van der Waals surface area contributed by atoms with Crippen molar-refractivity contribution in [2.45, 2.75) is 19.9 Å². The Kier molecular flexibility index (Phi) is 6.73. The van der Waals surface area contributed by atoms with Crippen LogP contribution >= 0.6 is 0 Å². The quantitative estimate of drug-likeness (QED) is 0.592. The van der Waals surface area contributed by atoms with E-state index in [1.165, 1.54) is 0 Å². The fourth-order valence-electron chi connectivity index (χ4n) is 2.86. The molecule has 0 saturated carbocycles. The molecule has 1 heterocycles. The summed E-state index contributed by atoms with van der Waals surface area (Å²) in [6, 6.07) is 15.4. The fourth-order valence-corrected chi connectivity index (χ4v) is 2.86. The molecule has 3 N–H and O–H groups in total. The summed E-state index contributed by atoms with van der Waals surface area (Å²) in [5, 5.41) is 3.00. The SMILES string of the molecule is CCN(Cc1ccccc1)C(=O)CN=C(N)Nc1ccc2c(c1)OCCCO2. The minimum absolute atomic E-state index is 0.00986. The van der Waals surface area contributed by atoms with Crippen LogP contribution < -0.4 is 20.5 Å². The van der Waals surface area contributed by atoms with E-state index in [-0.39, 0.29) is 18.4 Å². The van der Waals surface area contributed by atoms with Crippen LogP contribution in [0.4, 0.5) is 5.69 Å². The summed E-state index contributed by atoms with van der Waals surface area (Å²) in [6.45, 7) is 4.36. The summed E-state index contributed by atoms with van der Waals surface area (Å²) >= 11 is 0. The van der Waals surface area contributed by atoms with Crippen molar-refractivity contribution in [1.82, 2.24) is 4.90 Å². The first-order chi connectivity index (χ1) is 13.7. The molecule has 0 saturated heterocycles. The highest BCUT2D eigenvalue weighted by Crippen LogP contribution is 2.32. The molecule has 28 heavy (non-hydrogen) atoms. The van der Waals surface area contributed by atoms with Crippen LogP contribution in [0.5, 0.6) is 11.5 Å². The predicted octanol–water partition coefficient (Wildman–Crippen LogP) is 2.62. The van der Waals surface area contributed by atoms with E-state index in [2.05, 4.69) is 10.3 Å². The Bertz CT molecular complexity index is 824. The largest absolute Gasteiger partial charge is 0.490 e. The molecule has 3 rings (SSSR count). The number of carbonyl (C=O) groups is 1. The van der Waals surface area contributed by atoms with E-state index in [1.54, 1.807) is 4.90 Å². The van der Waals surface area contributed by atoms with Crippen molar-refractivity contribution in [3.63, 3.8) is 0 Å². The summed E-state index contributed by atoms with van der Waals surface area (Å²) in [5.41, 5.74) is 7.77. The van der Waals surface area contributed by atoms with E-state index in [4.69, 9.17) is 15.2 Å². The molecule has 2 aromatic rings. The zero-order chi connectivity index (χ0) is 19.8. The van der Waals surface area contributed by atoms with Crippen LogP contribution in [0.1, 0.15) is 18.9 Å². The number of aliphatic imine (C=N–C) groups is 1. The summed E-state index contributed by atoms with van der Waals surface area (Å²) in [6.07, 6.45) is 0.847. The van der Waals surface area contributed by atoms with Gasteiger partial charge in [-0.2, -0.15) is 0 Å². The lowest BCUT2D eigenvalue weighted by atomic mass is 10.2. The number of ether oxygens (including phenoxy) is 2. The maximum atomic E-state index is 12.5. The molecule has 1 aliphatic rings.